The van der Waals surface area contributed by atoms with Crippen LogP contribution >= 0.6 is 0 Å². The Balaban J connectivity index is 1.96. The summed E-state index contributed by atoms with van der Waals surface area (Å²) in [6.07, 6.45) is 2.02. The number of rotatable bonds is 6. The van der Waals surface area contributed by atoms with Gasteiger partial charge in [0, 0.05) is 6.08 Å². The standard InChI is InChI=1S/C23H23F3N2O3S/c1-14-4-9-19(10-15(14)2)28(32(3,30)31)13-16-5-7-17(8-6-16)23(26)12-18(24)11-20(25)21(23)22(27)29/h4-12,21H,13H2,1-3H3,(H2,27,29). The van der Waals surface area contributed by atoms with Gasteiger partial charge >= 0.3 is 0 Å². The number of alkyl halides is 1. The SMILES string of the molecule is Cc1ccc(N(Cc2ccc(C3(F)C=C(F)C=C(F)C3C(N)=O)cc2)S(C)(=O)=O)cc1C. The number of nitrogens with zero attached hydrogens (tertiary/aromatic N) is 1. The van der Waals surface area contributed by atoms with E-state index in [4.69, 9.17) is 5.73 Å². The minimum absolute atomic E-state index is 0.0430. The molecule has 2 unspecified atom stereocenters. The molecule has 0 heterocycles. The summed E-state index contributed by atoms with van der Waals surface area (Å²) >= 11 is 0. The molecule has 2 N–H and O–H groups in total. The molecule has 0 aliphatic heterocycles. The van der Waals surface area contributed by atoms with Crippen molar-refractivity contribution in [3.8, 4) is 0 Å². The highest BCUT2D eigenvalue weighted by Gasteiger charge is 2.48. The number of allylic oxidation sites excluding steroid dienone is 3. The number of halogens is 3. The van der Waals surface area contributed by atoms with E-state index in [-0.39, 0.29) is 12.1 Å². The van der Waals surface area contributed by atoms with E-state index in [1.165, 1.54) is 28.6 Å². The van der Waals surface area contributed by atoms with Crippen molar-refractivity contribution in [3.63, 3.8) is 0 Å². The third kappa shape index (κ3) is 4.57. The molecule has 1 amide bonds. The Labute approximate surface area is 185 Å². The van der Waals surface area contributed by atoms with Crippen LogP contribution in [0.5, 0.6) is 0 Å². The number of carbonyl (C=O) groups is 1. The second-order valence-electron chi connectivity index (χ2n) is 7.90. The van der Waals surface area contributed by atoms with Crippen LogP contribution in [0.15, 0.2) is 66.3 Å². The lowest BCUT2D eigenvalue weighted by Gasteiger charge is -2.31. The van der Waals surface area contributed by atoms with Crippen molar-refractivity contribution in [2.75, 3.05) is 10.6 Å². The fourth-order valence-electron chi connectivity index (χ4n) is 3.65. The van der Waals surface area contributed by atoms with Crippen molar-refractivity contribution < 1.29 is 26.4 Å². The van der Waals surface area contributed by atoms with Gasteiger partial charge in [0.05, 0.1) is 18.5 Å². The van der Waals surface area contributed by atoms with Crippen LogP contribution in [-0.4, -0.2) is 20.6 Å². The minimum Gasteiger partial charge on any atom is -0.369 e. The molecule has 0 fully saturated rings. The highest BCUT2D eigenvalue weighted by atomic mass is 32.2. The first kappa shape index (κ1) is 23.6. The van der Waals surface area contributed by atoms with Crippen LogP contribution in [0.1, 0.15) is 22.3 Å². The van der Waals surface area contributed by atoms with Crippen LogP contribution in [0.2, 0.25) is 0 Å². The van der Waals surface area contributed by atoms with Crippen molar-refractivity contribution in [1.82, 2.24) is 0 Å². The molecule has 0 spiro atoms. The van der Waals surface area contributed by atoms with Gasteiger partial charge in [-0.1, -0.05) is 30.3 Å². The number of carbonyl (C=O) groups excluding carboxylic acids is 1. The van der Waals surface area contributed by atoms with E-state index in [0.717, 1.165) is 17.4 Å². The second kappa shape index (κ2) is 8.46. The van der Waals surface area contributed by atoms with Crippen molar-refractivity contribution >= 4 is 21.6 Å². The van der Waals surface area contributed by atoms with Crippen molar-refractivity contribution in [2.24, 2.45) is 11.7 Å². The van der Waals surface area contributed by atoms with Gasteiger partial charge in [-0.2, -0.15) is 0 Å². The number of primary amides is 1. The summed E-state index contributed by atoms with van der Waals surface area (Å²) < 4.78 is 69.5. The van der Waals surface area contributed by atoms with E-state index in [1.807, 2.05) is 19.9 Å². The fraction of sp³-hybridized carbons (Fsp3) is 0.261. The Morgan fingerprint density at radius 2 is 1.72 bits per heavy atom. The van der Waals surface area contributed by atoms with Gasteiger partial charge in [0.2, 0.25) is 15.9 Å². The molecule has 3 rings (SSSR count). The normalized spacial score (nSPS) is 21.0. The zero-order valence-electron chi connectivity index (χ0n) is 17.8. The zero-order chi connectivity index (χ0) is 23.8. The van der Waals surface area contributed by atoms with E-state index >= 15 is 4.39 Å². The highest BCUT2D eigenvalue weighted by molar-refractivity contribution is 7.92. The van der Waals surface area contributed by atoms with Gasteiger partial charge in [0.25, 0.3) is 0 Å². The van der Waals surface area contributed by atoms with Gasteiger partial charge in [-0.25, -0.2) is 21.6 Å². The number of aryl methyl sites for hydroxylation is 2. The monoisotopic (exact) mass is 464 g/mol. The average molecular weight is 465 g/mol. The lowest BCUT2D eigenvalue weighted by molar-refractivity contribution is -0.125. The molecule has 2 atom stereocenters. The number of nitrogens with two attached hydrogens (primary N) is 1. The molecule has 0 radical (unpaired) electrons. The maximum Gasteiger partial charge on any atom is 0.232 e. The molecule has 1 aliphatic rings. The van der Waals surface area contributed by atoms with Crippen LogP contribution in [0, 0.1) is 19.8 Å². The van der Waals surface area contributed by atoms with Gasteiger partial charge in [-0.15, -0.1) is 0 Å². The summed E-state index contributed by atoms with van der Waals surface area (Å²) in [5, 5.41) is 0. The molecule has 1 aliphatic carbocycles. The van der Waals surface area contributed by atoms with Gasteiger partial charge < -0.3 is 5.73 Å². The molecule has 32 heavy (non-hydrogen) atoms. The van der Waals surface area contributed by atoms with E-state index in [0.29, 0.717) is 23.4 Å². The molecule has 0 saturated carbocycles. The topological polar surface area (TPSA) is 80.5 Å². The first-order chi connectivity index (χ1) is 14.8. The highest BCUT2D eigenvalue weighted by Crippen LogP contribution is 2.44. The molecule has 5 nitrogen and oxygen atoms in total. The Morgan fingerprint density at radius 1 is 1.09 bits per heavy atom. The van der Waals surface area contributed by atoms with Crippen LogP contribution in [0.25, 0.3) is 0 Å². The largest absolute Gasteiger partial charge is 0.369 e. The molecular formula is C23H23F3N2O3S. The predicted octanol–water partition coefficient (Wildman–Crippen LogP) is 4.26. The molecule has 2 aromatic carbocycles. The number of benzene rings is 2. The number of hydrogen-bond acceptors (Lipinski definition) is 3. The summed E-state index contributed by atoms with van der Waals surface area (Å²) in [5.41, 5.74) is 5.09. The van der Waals surface area contributed by atoms with Crippen LogP contribution in [-0.2, 0) is 27.0 Å². The fourth-order valence-corrected chi connectivity index (χ4v) is 4.53. The summed E-state index contributed by atoms with van der Waals surface area (Å²) in [6.45, 7) is 3.74. The van der Waals surface area contributed by atoms with Crippen molar-refractivity contribution in [3.05, 3.63) is 88.5 Å². The minimum atomic E-state index is -3.64. The molecule has 0 aromatic heterocycles. The summed E-state index contributed by atoms with van der Waals surface area (Å²) in [7, 11) is -3.64. The van der Waals surface area contributed by atoms with Crippen LogP contribution < -0.4 is 10.0 Å². The maximum atomic E-state index is 15.6. The number of sulfonamides is 1. The molecule has 170 valence electrons. The average Bonchev–Trinajstić information content (AvgIpc) is 2.67. The van der Waals surface area contributed by atoms with E-state index in [1.54, 1.807) is 12.1 Å². The van der Waals surface area contributed by atoms with Crippen LogP contribution in [0.4, 0.5) is 18.9 Å². The molecule has 9 heteroatoms. The van der Waals surface area contributed by atoms with Crippen molar-refractivity contribution in [1.29, 1.82) is 0 Å². The van der Waals surface area contributed by atoms with E-state index in [9.17, 15) is 22.0 Å². The smallest absolute Gasteiger partial charge is 0.232 e. The maximum absolute atomic E-state index is 15.6. The Bertz CT molecular complexity index is 1220. The molecule has 0 bridgehead atoms. The second-order valence-corrected chi connectivity index (χ2v) is 9.80. The number of amides is 1. The van der Waals surface area contributed by atoms with Gasteiger partial charge in [0.1, 0.15) is 17.6 Å². The van der Waals surface area contributed by atoms with Crippen molar-refractivity contribution in [2.45, 2.75) is 26.1 Å². The van der Waals surface area contributed by atoms with E-state index in [2.05, 4.69) is 0 Å². The summed E-state index contributed by atoms with van der Waals surface area (Å²) in [4.78, 5) is 11.7. The van der Waals surface area contributed by atoms with Crippen LogP contribution in [0.3, 0.4) is 0 Å². The van der Waals surface area contributed by atoms with E-state index < -0.39 is 39.2 Å². The first-order valence-electron chi connectivity index (χ1n) is 9.71. The predicted molar refractivity (Wildman–Crippen MR) is 117 cm³/mol. The molecular weight excluding hydrogens is 441 g/mol. The third-order valence-electron chi connectivity index (χ3n) is 5.51. The Hall–Kier alpha value is -3.07. The lowest BCUT2D eigenvalue weighted by atomic mass is 9.78. The third-order valence-corrected chi connectivity index (χ3v) is 6.65. The Kier molecular flexibility index (Phi) is 6.24. The van der Waals surface area contributed by atoms with Gasteiger partial charge in [0.15, 0.2) is 5.67 Å². The summed E-state index contributed by atoms with van der Waals surface area (Å²) in [5.74, 6) is -5.74. The molecule has 0 saturated heterocycles. The lowest BCUT2D eigenvalue weighted by Crippen LogP contribution is -2.40. The summed E-state index contributed by atoms with van der Waals surface area (Å²) in [6, 6.07) is 10.7. The number of anilines is 1. The zero-order valence-corrected chi connectivity index (χ0v) is 18.6. The number of hydrogen-bond donors (Lipinski definition) is 1. The Morgan fingerprint density at radius 3 is 2.25 bits per heavy atom. The first-order valence-corrected chi connectivity index (χ1v) is 11.6. The quantitative estimate of drug-likeness (QED) is 0.694. The van der Waals surface area contributed by atoms with Gasteiger partial charge in [-0.05, 0) is 54.3 Å². The van der Waals surface area contributed by atoms with Gasteiger partial charge in [-0.3, -0.25) is 9.10 Å². The molecule has 2 aromatic rings.